The highest BCUT2D eigenvalue weighted by molar-refractivity contribution is 6.20. The number of nitrogens with one attached hydrogen (secondary N) is 1. The molecule has 2 nitrogen and oxygen atoms in total. The molecule has 0 aromatic heterocycles. The zero-order valence-electron chi connectivity index (χ0n) is 9.90. The quantitative estimate of drug-likeness (QED) is 0.527. The summed E-state index contributed by atoms with van der Waals surface area (Å²) in [5.74, 6) is 0. The molecule has 0 saturated carbocycles. The van der Waals surface area contributed by atoms with Crippen LogP contribution >= 0.6 is 11.6 Å². The number of alkyl halides is 1. The molecule has 0 radical (unpaired) electrons. The van der Waals surface area contributed by atoms with E-state index >= 15 is 0 Å². The fourth-order valence-electron chi connectivity index (χ4n) is 1.28. The summed E-state index contributed by atoms with van der Waals surface area (Å²) in [6, 6.07) is 0. The molecular formula is C11H24ClNO. The average molecular weight is 222 g/mol. The molecule has 0 bridgehead atoms. The van der Waals surface area contributed by atoms with E-state index in [1.807, 2.05) is 6.92 Å². The zero-order valence-corrected chi connectivity index (χ0v) is 10.7. The summed E-state index contributed by atoms with van der Waals surface area (Å²) in [5, 5.41) is 3.50. The summed E-state index contributed by atoms with van der Waals surface area (Å²) in [6.07, 6.45) is 1.04. The third-order valence-electron chi connectivity index (χ3n) is 1.83. The monoisotopic (exact) mass is 221 g/mol. The van der Waals surface area contributed by atoms with Gasteiger partial charge in [0.15, 0.2) is 0 Å². The Morgan fingerprint density at radius 3 is 2.50 bits per heavy atom. The van der Waals surface area contributed by atoms with E-state index in [9.17, 15) is 0 Å². The lowest BCUT2D eigenvalue weighted by molar-refractivity contribution is 0.149. The molecule has 0 aromatic rings. The smallest absolute Gasteiger partial charge is 0.0590 e. The van der Waals surface area contributed by atoms with Gasteiger partial charge >= 0.3 is 0 Å². The highest BCUT2D eigenvalue weighted by atomic mass is 35.5. The third kappa shape index (κ3) is 10.3. The summed E-state index contributed by atoms with van der Waals surface area (Å²) < 4.78 is 5.21. The summed E-state index contributed by atoms with van der Waals surface area (Å²) in [7, 11) is 0. The molecule has 0 amide bonds. The Bertz CT molecular complexity index is 134. The highest BCUT2D eigenvalue weighted by Crippen LogP contribution is 2.22. The van der Waals surface area contributed by atoms with Crippen LogP contribution < -0.4 is 5.32 Å². The van der Waals surface area contributed by atoms with Gasteiger partial charge in [0.05, 0.1) is 6.61 Å². The van der Waals surface area contributed by atoms with Crippen LogP contribution in [-0.4, -0.2) is 31.7 Å². The lowest BCUT2D eigenvalue weighted by Gasteiger charge is -2.21. The largest absolute Gasteiger partial charge is 0.380 e. The normalized spacial score (nSPS) is 14.4. The van der Waals surface area contributed by atoms with Crippen LogP contribution in [0.1, 0.15) is 34.1 Å². The van der Waals surface area contributed by atoms with Crippen LogP contribution in [0.25, 0.3) is 0 Å². The molecule has 3 heteroatoms. The molecule has 0 rings (SSSR count). The molecule has 0 heterocycles. The first-order chi connectivity index (χ1) is 6.45. The van der Waals surface area contributed by atoms with E-state index in [-0.39, 0.29) is 5.38 Å². The van der Waals surface area contributed by atoms with Crippen molar-refractivity contribution in [2.45, 2.75) is 39.5 Å². The van der Waals surface area contributed by atoms with Crippen molar-refractivity contribution in [1.29, 1.82) is 0 Å². The Hall–Kier alpha value is 0.210. The van der Waals surface area contributed by atoms with Crippen molar-refractivity contribution in [2.24, 2.45) is 5.41 Å². The first-order valence-corrected chi connectivity index (χ1v) is 5.82. The van der Waals surface area contributed by atoms with Gasteiger partial charge in [0.2, 0.25) is 0 Å². The molecule has 0 fully saturated rings. The molecular weight excluding hydrogens is 198 g/mol. The van der Waals surface area contributed by atoms with Gasteiger partial charge in [-0.25, -0.2) is 0 Å². The first kappa shape index (κ1) is 14.2. The van der Waals surface area contributed by atoms with E-state index in [0.717, 1.165) is 32.7 Å². The molecule has 0 aliphatic carbocycles. The topological polar surface area (TPSA) is 21.3 Å². The second-order valence-corrected chi connectivity index (χ2v) is 5.38. The van der Waals surface area contributed by atoms with Crippen LogP contribution in [0.5, 0.6) is 0 Å². The summed E-state index contributed by atoms with van der Waals surface area (Å²) in [4.78, 5) is 0. The average Bonchev–Trinajstić information content (AvgIpc) is 2.00. The van der Waals surface area contributed by atoms with E-state index in [4.69, 9.17) is 16.3 Å². The van der Waals surface area contributed by atoms with Crippen molar-refractivity contribution >= 4 is 11.6 Å². The molecule has 0 aliphatic rings. The minimum absolute atomic E-state index is 0.219. The zero-order chi connectivity index (χ0) is 11.0. The number of rotatable bonds is 7. The Balaban J connectivity index is 3.31. The standard InChI is InChI=1S/C11H24ClNO/c1-5-14-7-6-13-9-10(12)8-11(2,3)4/h10,13H,5-9H2,1-4H3. The van der Waals surface area contributed by atoms with Crippen LogP contribution in [0.15, 0.2) is 0 Å². The summed E-state index contributed by atoms with van der Waals surface area (Å²) >= 11 is 6.17. The maximum atomic E-state index is 6.17. The molecule has 14 heavy (non-hydrogen) atoms. The van der Waals surface area contributed by atoms with Crippen molar-refractivity contribution in [2.75, 3.05) is 26.3 Å². The maximum Gasteiger partial charge on any atom is 0.0590 e. The Kier molecular flexibility index (Phi) is 7.61. The van der Waals surface area contributed by atoms with Crippen molar-refractivity contribution < 1.29 is 4.74 Å². The molecule has 0 aromatic carbocycles. The number of hydrogen-bond donors (Lipinski definition) is 1. The second-order valence-electron chi connectivity index (χ2n) is 4.76. The van der Waals surface area contributed by atoms with Crippen molar-refractivity contribution in [1.82, 2.24) is 5.32 Å². The van der Waals surface area contributed by atoms with Crippen LogP contribution in [0.2, 0.25) is 0 Å². The van der Waals surface area contributed by atoms with Crippen molar-refractivity contribution in [3.63, 3.8) is 0 Å². The molecule has 1 unspecified atom stereocenters. The maximum absolute atomic E-state index is 6.17. The molecule has 0 saturated heterocycles. The van der Waals surface area contributed by atoms with Gasteiger partial charge in [0.25, 0.3) is 0 Å². The Labute approximate surface area is 93.4 Å². The van der Waals surface area contributed by atoms with Gasteiger partial charge in [-0.3, -0.25) is 0 Å². The third-order valence-corrected chi connectivity index (χ3v) is 2.14. The predicted molar refractivity (Wildman–Crippen MR) is 63.1 cm³/mol. The van der Waals surface area contributed by atoms with Gasteiger partial charge in [0.1, 0.15) is 0 Å². The summed E-state index contributed by atoms with van der Waals surface area (Å²) in [5.41, 5.74) is 0.314. The molecule has 1 atom stereocenters. The van der Waals surface area contributed by atoms with Crippen LogP contribution in [0.3, 0.4) is 0 Å². The SMILES string of the molecule is CCOCCNCC(Cl)CC(C)(C)C. The van der Waals surface area contributed by atoms with Crippen LogP contribution in [0, 0.1) is 5.41 Å². The molecule has 0 spiro atoms. The van der Waals surface area contributed by atoms with Gasteiger partial charge in [-0.15, -0.1) is 11.6 Å². The second kappa shape index (κ2) is 7.49. The predicted octanol–water partition coefficient (Wildman–Crippen LogP) is 2.66. The number of ether oxygens (including phenoxy) is 1. The number of halogens is 1. The van der Waals surface area contributed by atoms with E-state index in [1.54, 1.807) is 0 Å². The lowest BCUT2D eigenvalue weighted by Crippen LogP contribution is -2.29. The minimum atomic E-state index is 0.219. The van der Waals surface area contributed by atoms with E-state index in [0.29, 0.717) is 5.41 Å². The van der Waals surface area contributed by atoms with Gasteiger partial charge in [0, 0.05) is 25.1 Å². The van der Waals surface area contributed by atoms with Gasteiger partial charge < -0.3 is 10.1 Å². The van der Waals surface area contributed by atoms with Crippen LogP contribution in [0.4, 0.5) is 0 Å². The highest BCUT2D eigenvalue weighted by Gasteiger charge is 2.15. The van der Waals surface area contributed by atoms with Gasteiger partial charge in [-0.1, -0.05) is 20.8 Å². The fourth-order valence-corrected chi connectivity index (χ4v) is 1.86. The first-order valence-electron chi connectivity index (χ1n) is 5.38. The van der Waals surface area contributed by atoms with Gasteiger partial charge in [-0.05, 0) is 18.8 Å². The minimum Gasteiger partial charge on any atom is -0.380 e. The van der Waals surface area contributed by atoms with E-state index in [2.05, 4.69) is 26.1 Å². The molecule has 0 aliphatic heterocycles. The van der Waals surface area contributed by atoms with Crippen LogP contribution in [-0.2, 0) is 4.74 Å². The molecule has 86 valence electrons. The van der Waals surface area contributed by atoms with Crippen molar-refractivity contribution in [3.05, 3.63) is 0 Å². The van der Waals surface area contributed by atoms with E-state index < -0.39 is 0 Å². The fraction of sp³-hybridized carbons (Fsp3) is 1.00. The Morgan fingerprint density at radius 2 is 2.00 bits per heavy atom. The van der Waals surface area contributed by atoms with E-state index in [1.165, 1.54) is 0 Å². The lowest BCUT2D eigenvalue weighted by atomic mass is 9.90. The Morgan fingerprint density at radius 1 is 1.36 bits per heavy atom. The molecule has 1 N–H and O–H groups in total. The summed E-state index contributed by atoms with van der Waals surface area (Å²) in [6.45, 7) is 12.0. The van der Waals surface area contributed by atoms with Crippen molar-refractivity contribution in [3.8, 4) is 0 Å². The number of hydrogen-bond acceptors (Lipinski definition) is 2. The van der Waals surface area contributed by atoms with Gasteiger partial charge in [-0.2, -0.15) is 0 Å².